The molecule has 0 bridgehead atoms. The van der Waals surface area contributed by atoms with Gasteiger partial charge in [-0.3, -0.25) is 10.0 Å². The third-order valence-electron chi connectivity index (χ3n) is 9.10. The normalized spacial score (nSPS) is 14.6. The van der Waals surface area contributed by atoms with E-state index < -0.39 is 22.2 Å². The number of aliphatic hydroxyl groups is 1. The van der Waals surface area contributed by atoms with Crippen LogP contribution >= 0.6 is 11.6 Å². The molecule has 0 aromatic heterocycles. The molecule has 4 rings (SSSR count). The number of para-hydroxylation sites is 1. The summed E-state index contributed by atoms with van der Waals surface area (Å²) in [5.74, 6) is -0.177. The fraction of sp³-hybridized carbons (Fsp3) is 0.500. The van der Waals surface area contributed by atoms with Gasteiger partial charge in [0.25, 0.3) is 0 Å². The average molecular weight is 745 g/mol. The first kappa shape index (κ1) is 40.2. The molecule has 51 heavy (non-hydrogen) atoms. The number of halogens is 1. The van der Waals surface area contributed by atoms with Crippen LogP contribution < -0.4 is 15.4 Å². The van der Waals surface area contributed by atoms with E-state index in [0.29, 0.717) is 17.8 Å². The van der Waals surface area contributed by atoms with Gasteiger partial charge in [0.05, 0.1) is 28.8 Å². The van der Waals surface area contributed by atoms with Gasteiger partial charge in [-0.05, 0) is 80.2 Å². The zero-order valence-electron chi connectivity index (χ0n) is 29.4. The van der Waals surface area contributed by atoms with Gasteiger partial charge in [-0.15, -0.1) is 0 Å². The van der Waals surface area contributed by atoms with Crippen molar-refractivity contribution in [3.05, 3.63) is 71.2 Å². The maximum absolute atomic E-state index is 12.7. The third-order valence-corrected chi connectivity index (χ3v) is 9.99. The number of carbonyl (C=O) groups is 1. The van der Waals surface area contributed by atoms with Crippen LogP contribution in [0.4, 0.5) is 16.2 Å². The summed E-state index contributed by atoms with van der Waals surface area (Å²) in [5, 5.41) is 36.5. The minimum Gasteiger partial charge on any atom is -0.506 e. The molecule has 13 heteroatoms. The fourth-order valence-electron chi connectivity index (χ4n) is 6.28. The van der Waals surface area contributed by atoms with Crippen LogP contribution in [0.25, 0.3) is 11.1 Å². The highest BCUT2D eigenvalue weighted by molar-refractivity contribution is 7.92. The van der Waals surface area contributed by atoms with E-state index in [9.17, 15) is 28.5 Å². The zero-order valence-corrected chi connectivity index (χ0v) is 31.0. The van der Waals surface area contributed by atoms with E-state index in [1.807, 2.05) is 24.3 Å². The first-order chi connectivity index (χ1) is 24.5. The second kappa shape index (κ2) is 20.5. The predicted molar refractivity (Wildman–Crippen MR) is 204 cm³/mol. The van der Waals surface area contributed by atoms with Gasteiger partial charge in [-0.25, -0.2) is 13.2 Å². The number of aliphatic hydroxyl groups excluding tert-OH is 1. The first-order valence-electron chi connectivity index (χ1n) is 18.0. The molecule has 280 valence electrons. The van der Waals surface area contributed by atoms with E-state index in [1.54, 1.807) is 18.2 Å². The Hall–Kier alpha value is -3.55. The zero-order chi connectivity index (χ0) is 36.6. The topological polar surface area (TPSA) is 160 Å². The summed E-state index contributed by atoms with van der Waals surface area (Å²) >= 11 is 6.10. The monoisotopic (exact) mass is 744 g/mol. The molecule has 0 aliphatic carbocycles. The Morgan fingerprint density at radius 3 is 2.22 bits per heavy atom. The third kappa shape index (κ3) is 14.2. The maximum atomic E-state index is 12.7. The molecule has 1 fully saturated rings. The minimum absolute atomic E-state index is 0.0109. The second-order valence-corrected chi connectivity index (χ2v) is 15.5. The number of nitrogens with zero attached hydrogens (tertiary/aromatic N) is 1. The van der Waals surface area contributed by atoms with Gasteiger partial charge >= 0.3 is 6.09 Å². The Bertz CT molecular complexity index is 1650. The number of benzene rings is 3. The van der Waals surface area contributed by atoms with Crippen molar-refractivity contribution in [2.24, 2.45) is 0 Å². The molecule has 1 saturated heterocycles. The lowest BCUT2D eigenvalue weighted by Gasteiger charge is -2.31. The number of likely N-dealkylation sites (tertiary alicyclic amines) is 1. The van der Waals surface area contributed by atoms with Gasteiger partial charge in [0.15, 0.2) is 0 Å². The standard InChI is InChI=1S/C38H53ClN4O7S/c1-51(48,49)42-34-26-29(16-18-36(34)45)37(46)27-40-21-11-7-5-3-2-4-6-8-12-22-43-23-19-30(20-24-43)50-38(47)41-33-14-10-9-13-31(33)28-15-17-35(44)32(39)25-28/h9-10,13-18,25-26,30,37,40,42,44-46H,2-8,11-12,19-24,27H2,1H3,(H,41,47)/t37-/m0/s1. The molecular formula is C38H53ClN4O7S. The largest absolute Gasteiger partial charge is 0.506 e. The van der Waals surface area contributed by atoms with E-state index in [-0.39, 0.29) is 28.3 Å². The van der Waals surface area contributed by atoms with Crippen LogP contribution in [0.15, 0.2) is 60.7 Å². The summed E-state index contributed by atoms with van der Waals surface area (Å²) in [4.78, 5) is 15.2. The lowest BCUT2D eigenvalue weighted by molar-refractivity contribution is 0.0584. The van der Waals surface area contributed by atoms with E-state index in [4.69, 9.17) is 16.3 Å². The number of nitrogens with one attached hydrogen (secondary N) is 3. The lowest BCUT2D eigenvalue weighted by atomic mass is 10.0. The van der Waals surface area contributed by atoms with E-state index in [1.165, 1.54) is 63.1 Å². The van der Waals surface area contributed by atoms with E-state index in [2.05, 4.69) is 20.3 Å². The molecule has 1 amide bonds. The number of sulfonamides is 1. The van der Waals surface area contributed by atoms with Crippen LogP contribution in [0.3, 0.4) is 0 Å². The molecule has 3 aromatic rings. The highest BCUT2D eigenvalue weighted by Crippen LogP contribution is 2.33. The van der Waals surface area contributed by atoms with Gasteiger partial charge in [0.2, 0.25) is 10.0 Å². The predicted octanol–water partition coefficient (Wildman–Crippen LogP) is 7.64. The molecule has 0 unspecified atom stereocenters. The first-order valence-corrected chi connectivity index (χ1v) is 20.2. The number of phenolic OH excluding ortho intramolecular Hbond substituents is 2. The molecule has 1 heterocycles. The van der Waals surface area contributed by atoms with Crippen molar-refractivity contribution in [1.29, 1.82) is 0 Å². The van der Waals surface area contributed by atoms with Crippen molar-refractivity contribution in [1.82, 2.24) is 10.2 Å². The fourth-order valence-corrected chi connectivity index (χ4v) is 7.03. The summed E-state index contributed by atoms with van der Waals surface area (Å²) in [7, 11) is -3.53. The van der Waals surface area contributed by atoms with Gasteiger partial charge in [-0.1, -0.05) is 86.9 Å². The molecular weight excluding hydrogens is 692 g/mol. The highest BCUT2D eigenvalue weighted by Gasteiger charge is 2.22. The Morgan fingerprint density at radius 2 is 1.53 bits per heavy atom. The van der Waals surface area contributed by atoms with Crippen molar-refractivity contribution in [3.8, 4) is 22.6 Å². The molecule has 1 atom stereocenters. The number of anilines is 2. The number of piperidine rings is 1. The summed E-state index contributed by atoms with van der Waals surface area (Å²) in [6, 6.07) is 16.8. The maximum Gasteiger partial charge on any atom is 0.411 e. The molecule has 1 aliphatic heterocycles. The quantitative estimate of drug-likeness (QED) is 0.0505. The van der Waals surface area contributed by atoms with Crippen molar-refractivity contribution >= 4 is 39.1 Å². The smallest absolute Gasteiger partial charge is 0.411 e. The number of aromatic hydroxyl groups is 2. The highest BCUT2D eigenvalue weighted by atomic mass is 35.5. The number of hydrogen-bond acceptors (Lipinski definition) is 9. The molecule has 6 N–H and O–H groups in total. The van der Waals surface area contributed by atoms with E-state index in [0.717, 1.165) is 69.2 Å². The van der Waals surface area contributed by atoms with Crippen LogP contribution in [-0.4, -0.2) is 79.8 Å². The van der Waals surface area contributed by atoms with E-state index >= 15 is 0 Å². The number of phenols is 2. The molecule has 1 aliphatic rings. The molecule has 0 spiro atoms. The second-order valence-electron chi connectivity index (χ2n) is 13.3. The number of amides is 1. The van der Waals surface area contributed by atoms with Crippen LogP contribution in [0.2, 0.25) is 5.02 Å². The van der Waals surface area contributed by atoms with Crippen LogP contribution in [0, 0.1) is 0 Å². The number of ether oxygens (including phenoxy) is 1. The van der Waals surface area contributed by atoms with Gasteiger partial charge < -0.3 is 30.3 Å². The van der Waals surface area contributed by atoms with Crippen LogP contribution in [0.5, 0.6) is 11.5 Å². The van der Waals surface area contributed by atoms with Crippen molar-refractivity contribution in [2.75, 3.05) is 49.0 Å². The van der Waals surface area contributed by atoms with Crippen LogP contribution in [0.1, 0.15) is 82.3 Å². The van der Waals surface area contributed by atoms with Gasteiger partial charge in [0, 0.05) is 25.2 Å². The molecule has 11 nitrogen and oxygen atoms in total. The Balaban J connectivity index is 0.977. The average Bonchev–Trinajstić information content (AvgIpc) is 3.09. The SMILES string of the molecule is CS(=O)(=O)Nc1cc([C@@H](O)CNCCCCCCCCCCCN2CCC(OC(=O)Nc3ccccc3-c3ccc(O)c(Cl)c3)CC2)ccc1O. The Kier molecular flexibility index (Phi) is 16.2. The molecule has 0 radical (unpaired) electrons. The molecule has 0 saturated carbocycles. The summed E-state index contributed by atoms with van der Waals surface area (Å²) in [6.07, 6.45) is 12.0. The van der Waals surface area contributed by atoms with Crippen molar-refractivity contribution in [3.63, 3.8) is 0 Å². The minimum atomic E-state index is -3.53. The molecule has 3 aromatic carbocycles. The lowest BCUT2D eigenvalue weighted by Crippen LogP contribution is -2.38. The Labute approximate surface area is 307 Å². The Morgan fingerprint density at radius 1 is 0.882 bits per heavy atom. The number of carbonyl (C=O) groups excluding carboxylic acids is 1. The number of unbranched alkanes of at least 4 members (excludes halogenated alkanes) is 8. The summed E-state index contributed by atoms with van der Waals surface area (Å²) in [6.45, 7) is 4.08. The number of rotatable bonds is 20. The summed E-state index contributed by atoms with van der Waals surface area (Å²) in [5.41, 5.74) is 2.79. The number of hydrogen-bond donors (Lipinski definition) is 6. The summed E-state index contributed by atoms with van der Waals surface area (Å²) < 4.78 is 31.0. The van der Waals surface area contributed by atoms with Crippen molar-refractivity contribution < 1.29 is 33.3 Å². The van der Waals surface area contributed by atoms with Gasteiger partial charge in [0.1, 0.15) is 17.6 Å². The van der Waals surface area contributed by atoms with Crippen molar-refractivity contribution in [2.45, 2.75) is 82.8 Å². The van der Waals surface area contributed by atoms with Gasteiger partial charge in [-0.2, -0.15) is 0 Å². The van der Waals surface area contributed by atoms with Crippen LogP contribution in [-0.2, 0) is 14.8 Å².